The van der Waals surface area contributed by atoms with Crippen LogP contribution in [-0.4, -0.2) is 31.4 Å². The van der Waals surface area contributed by atoms with Gasteiger partial charge < -0.3 is 14.8 Å². The van der Waals surface area contributed by atoms with Crippen molar-refractivity contribution in [3.63, 3.8) is 0 Å². The highest BCUT2D eigenvalue weighted by Gasteiger charge is 2.16. The zero-order chi connectivity index (χ0) is 21.3. The van der Waals surface area contributed by atoms with Gasteiger partial charge in [0.1, 0.15) is 5.75 Å². The third kappa shape index (κ3) is 5.54. The maximum absolute atomic E-state index is 12.7. The van der Waals surface area contributed by atoms with Crippen LogP contribution in [0, 0.1) is 0 Å². The van der Waals surface area contributed by atoms with Gasteiger partial charge in [0.25, 0.3) is 5.91 Å². The molecule has 0 aliphatic carbocycles. The molecule has 0 spiro atoms. The monoisotopic (exact) mass is 403 g/mol. The molecule has 3 aromatic carbocycles. The van der Waals surface area contributed by atoms with Crippen molar-refractivity contribution in [3.05, 3.63) is 95.6 Å². The fourth-order valence-corrected chi connectivity index (χ4v) is 2.87. The van der Waals surface area contributed by atoms with E-state index < -0.39 is 18.5 Å². The molecule has 0 saturated carbocycles. The molecule has 3 rings (SSSR count). The van der Waals surface area contributed by atoms with Crippen LogP contribution in [0.1, 0.15) is 21.5 Å². The van der Waals surface area contributed by atoms with E-state index in [2.05, 4.69) is 5.32 Å². The summed E-state index contributed by atoms with van der Waals surface area (Å²) >= 11 is 0. The summed E-state index contributed by atoms with van der Waals surface area (Å²) in [4.78, 5) is 37.0. The van der Waals surface area contributed by atoms with Crippen LogP contribution in [0.15, 0.2) is 78.9 Å². The molecule has 0 fully saturated rings. The minimum Gasteiger partial charge on any atom is -0.497 e. The van der Waals surface area contributed by atoms with E-state index in [4.69, 9.17) is 9.47 Å². The van der Waals surface area contributed by atoms with E-state index in [1.165, 1.54) is 0 Å². The van der Waals surface area contributed by atoms with Crippen LogP contribution in [0.25, 0.3) is 0 Å². The van der Waals surface area contributed by atoms with Crippen molar-refractivity contribution in [2.24, 2.45) is 0 Å². The lowest BCUT2D eigenvalue weighted by Gasteiger charge is -2.11. The van der Waals surface area contributed by atoms with Crippen LogP contribution in [0.5, 0.6) is 5.75 Å². The molecule has 6 heteroatoms. The molecule has 0 saturated heterocycles. The number of rotatable bonds is 8. The second-order valence-corrected chi connectivity index (χ2v) is 6.48. The number of carbonyl (C=O) groups is 3. The van der Waals surface area contributed by atoms with Crippen LogP contribution >= 0.6 is 0 Å². The number of benzene rings is 3. The largest absolute Gasteiger partial charge is 0.497 e. The van der Waals surface area contributed by atoms with Gasteiger partial charge in [-0.15, -0.1) is 0 Å². The maximum Gasteiger partial charge on any atom is 0.310 e. The van der Waals surface area contributed by atoms with Crippen LogP contribution in [0.2, 0.25) is 0 Å². The quantitative estimate of drug-likeness (QED) is 0.459. The zero-order valence-corrected chi connectivity index (χ0v) is 16.5. The van der Waals surface area contributed by atoms with Crippen molar-refractivity contribution in [1.82, 2.24) is 0 Å². The Hall–Kier alpha value is -3.93. The molecule has 0 heterocycles. The highest BCUT2D eigenvalue weighted by atomic mass is 16.5. The summed E-state index contributed by atoms with van der Waals surface area (Å²) in [7, 11) is 1.54. The van der Waals surface area contributed by atoms with E-state index in [-0.39, 0.29) is 12.2 Å². The molecular weight excluding hydrogens is 382 g/mol. The summed E-state index contributed by atoms with van der Waals surface area (Å²) in [6, 6.07) is 22.5. The standard InChI is InChI=1S/C24H21NO5/c1-29-19-11-7-8-17(14-19)15-23(27)30-16-22(26)25-21-13-6-5-12-20(21)24(28)18-9-3-2-4-10-18/h2-14H,15-16H2,1H3,(H,25,26). The minimum atomic E-state index is -0.535. The summed E-state index contributed by atoms with van der Waals surface area (Å²) in [5.41, 5.74) is 1.96. The number of amides is 1. The van der Waals surface area contributed by atoms with Gasteiger partial charge in [-0.1, -0.05) is 54.6 Å². The summed E-state index contributed by atoms with van der Waals surface area (Å²) in [6.07, 6.45) is 0.0214. The molecule has 1 N–H and O–H groups in total. The number of nitrogens with one attached hydrogen (secondary N) is 1. The third-order valence-electron chi connectivity index (χ3n) is 4.33. The smallest absolute Gasteiger partial charge is 0.310 e. The molecule has 0 unspecified atom stereocenters. The average molecular weight is 403 g/mol. The van der Waals surface area contributed by atoms with Gasteiger partial charge in [-0.2, -0.15) is 0 Å². The lowest BCUT2D eigenvalue weighted by atomic mass is 10.0. The molecule has 0 radical (unpaired) electrons. The normalized spacial score (nSPS) is 10.2. The van der Waals surface area contributed by atoms with Gasteiger partial charge in [0.2, 0.25) is 0 Å². The van der Waals surface area contributed by atoms with Crippen molar-refractivity contribution < 1.29 is 23.9 Å². The summed E-state index contributed by atoms with van der Waals surface area (Å²) in [5, 5.41) is 2.64. The van der Waals surface area contributed by atoms with Crippen molar-refractivity contribution in [2.45, 2.75) is 6.42 Å². The zero-order valence-electron chi connectivity index (χ0n) is 16.5. The Balaban J connectivity index is 1.59. The van der Waals surface area contributed by atoms with E-state index in [0.29, 0.717) is 22.6 Å². The first kappa shape index (κ1) is 20.8. The first-order chi connectivity index (χ1) is 14.6. The van der Waals surface area contributed by atoms with E-state index in [0.717, 1.165) is 5.56 Å². The van der Waals surface area contributed by atoms with Crippen LogP contribution < -0.4 is 10.1 Å². The predicted molar refractivity (Wildman–Crippen MR) is 113 cm³/mol. The third-order valence-corrected chi connectivity index (χ3v) is 4.33. The number of hydrogen-bond donors (Lipinski definition) is 1. The van der Waals surface area contributed by atoms with Crippen molar-refractivity contribution in [3.8, 4) is 5.75 Å². The Morgan fingerprint density at radius 2 is 1.60 bits per heavy atom. The Morgan fingerprint density at radius 3 is 2.37 bits per heavy atom. The fraction of sp³-hybridized carbons (Fsp3) is 0.125. The molecule has 0 aromatic heterocycles. The molecule has 6 nitrogen and oxygen atoms in total. The Bertz CT molecular complexity index is 1050. The number of esters is 1. The average Bonchev–Trinajstić information content (AvgIpc) is 2.78. The topological polar surface area (TPSA) is 81.7 Å². The number of anilines is 1. The van der Waals surface area contributed by atoms with Gasteiger partial charge >= 0.3 is 5.97 Å². The number of carbonyl (C=O) groups excluding carboxylic acids is 3. The van der Waals surface area contributed by atoms with E-state index in [1.54, 1.807) is 79.9 Å². The molecule has 0 aliphatic rings. The van der Waals surface area contributed by atoms with Crippen LogP contribution in [0.3, 0.4) is 0 Å². The summed E-state index contributed by atoms with van der Waals surface area (Å²) in [6.45, 7) is -0.448. The predicted octanol–water partition coefficient (Wildman–Crippen LogP) is 3.65. The summed E-state index contributed by atoms with van der Waals surface area (Å²) < 4.78 is 10.2. The number of methoxy groups -OCH3 is 1. The first-order valence-electron chi connectivity index (χ1n) is 9.34. The first-order valence-corrected chi connectivity index (χ1v) is 9.34. The number of ketones is 1. The van der Waals surface area contributed by atoms with Gasteiger partial charge in [0, 0.05) is 11.1 Å². The second kappa shape index (κ2) is 10.0. The minimum absolute atomic E-state index is 0.0214. The van der Waals surface area contributed by atoms with Gasteiger partial charge in [-0.05, 0) is 29.8 Å². The molecule has 3 aromatic rings. The Morgan fingerprint density at radius 1 is 0.867 bits per heavy atom. The summed E-state index contributed by atoms with van der Waals surface area (Å²) in [5.74, 6) is -0.631. The van der Waals surface area contributed by atoms with Gasteiger partial charge in [0.05, 0.1) is 19.2 Å². The van der Waals surface area contributed by atoms with E-state index in [1.807, 2.05) is 6.07 Å². The molecule has 152 valence electrons. The van der Waals surface area contributed by atoms with E-state index >= 15 is 0 Å². The highest BCUT2D eigenvalue weighted by Crippen LogP contribution is 2.19. The molecule has 0 bridgehead atoms. The molecule has 30 heavy (non-hydrogen) atoms. The van der Waals surface area contributed by atoms with Gasteiger partial charge in [0.15, 0.2) is 12.4 Å². The SMILES string of the molecule is COc1cccc(CC(=O)OCC(=O)Nc2ccccc2C(=O)c2ccccc2)c1. The maximum atomic E-state index is 12.7. The number of ether oxygens (including phenoxy) is 2. The molecule has 1 amide bonds. The van der Waals surface area contributed by atoms with Gasteiger partial charge in [-0.3, -0.25) is 14.4 Å². The molecule has 0 atom stereocenters. The van der Waals surface area contributed by atoms with Crippen molar-refractivity contribution >= 4 is 23.3 Å². The van der Waals surface area contributed by atoms with Crippen LogP contribution in [-0.2, 0) is 20.7 Å². The lowest BCUT2D eigenvalue weighted by molar-refractivity contribution is -0.146. The number of para-hydroxylation sites is 1. The Labute approximate surface area is 174 Å². The van der Waals surface area contributed by atoms with Crippen molar-refractivity contribution in [2.75, 3.05) is 19.0 Å². The Kier molecular flexibility index (Phi) is 6.95. The van der Waals surface area contributed by atoms with E-state index in [9.17, 15) is 14.4 Å². The lowest BCUT2D eigenvalue weighted by Crippen LogP contribution is -2.22. The highest BCUT2D eigenvalue weighted by molar-refractivity contribution is 6.13. The number of hydrogen-bond acceptors (Lipinski definition) is 5. The van der Waals surface area contributed by atoms with Crippen LogP contribution in [0.4, 0.5) is 5.69 Å². The fourth-order valence-electron chi connectivity index (χ4n) is 2.87. The molecule has 0 aliphatic heterocycles. The second-order valence-electron chi connectivity index (χ2n) is 6.48. The van der Waals surface area contributed by atoms with Crippen molar-refractivity contribution in [1.29, 1.82) is 0 Å². The van der Waals surface area contributed by atoms with Gasteiger partial charge in [-0.25, -0.2) is 0 Å². The molecular formula is C24H21NO5.